The lowest BCUT2D eigenvalue weighted by molar-refractivity contribution is 0.585. The molecule has 1 aromatic heterocycles. The molecule has 1 unspecified atom stereocenters. The quantitative estimate of drug-likeness (QED) is 0.916. The molecule has 4 heteroatoms. The summed E-state index contributed by atoms with van der Waals surface area (Å²) in [5.74, 6) is -0.226. The lowest BCUT2D eigenvalue weighted by Crippen LogP contribution is -2.19. The van der Waals surface area contributed by atoms with Gasteiger partial charge in [0.05, 0.1) is 5.02 Å². The lowest BCUT2D eigenvalue weighted by atomic mass is 9.99. The molecule has 0 saturated heterocycles. The summed E-state index contributed by atoms with van der Waals surface area (Å²) in [6.07, 6.45) is 4.09. The van der Waals surface area contributed by atoms with E-state index in [1.807, 2.05) is 13.1 Å². The lowest BCUT2D eigenvalue weighted by Gasteiger charge is -2.17. The number of nitrogens with one attached hydrogen (secondary N) is 1. The summed E-state index contributed by atoms with van der Waals surface area (Å²) in [5.41, 5.74) is 2.06. The summed E-state index contributed by atoms with van der Waals surface area (Å²) >= 11 is 6.09. The number of aromatic nitrogens is 1. The average Bonchev–Trinajstić information content (AvgIpc) is 2.39. The second-order valence-electron chi connectivity index (χ2n) is 4.06. The van der Waals surface area contributed by atoms with Gasteiger partial charge >= 0.3 is 0 Å². The van der Waals surface area contributed by atoms with E-state index >= 15 is 0 Å². The zero-order valence-electron chi connectivity index (χ0n) is 10.0. The summed E-state index contributed by atoms with van der Waals surface area (Å²) in [4.78, 5) is 3.96. The van der Waals surface area contributed by atoms with E-state index in [9.17, 15) is 4.39 Å². The zero-order valence-corrected chi connectivity index (χ0v) is 10.8. The van der Waals surface area contributed by atoms with E-state index in [1.165, 1.54) is 12.1 Å². The Kier molecular flexibility index (Phi) is 4.28. The average molecular weight is 265 g/mol. The Morgan fingerprint density at radius 2 is 2.00 bits per heavy atom. The van der Waals surface area contributed by atoms with Gasteiger partial charge in [0.2, 0.25) is 0 Å². The molecular weight excluding hydrogens is 251 g/mol. The number of likely N-dealkylation sites (N-methyl/N-ethyl adjacent to an activating group) is 1. The minimum absolute atomic E-state index is 0.102. The molecule has 94 valence electrons. The first-order chi connectivity index (χ1) is 8.70. The van der Waals surface area contributed by atoms with Crippen molar-refractivity contribution in [3.05, 3.63) is 64.7 Å². The normalized spacial score (nSPS) is 12.4. The van der Waals surface area contributed by atoms with E-state index in [1.54, 1.807) is 24.5 Å². The Morgan fingerprint density at radius 3 is 2.61 bits per heavy atom. The summed E-state index contributed by atoms with van der Waals surface area (Å²) < 4.78 is 12.9. The maximum Gasteiger partial charge on any atom is 0.123 e. The predicted octanol–water partition coefficient (Wildman–Crippen LogP) is 3.38. The molecule has 2 rings (SSSR count). The molecule has 0 radical (unpaired) electrons. The third-order valence-corrected chi connectivity index (χ3v) is 3.24. The van der Waals surface area contributed by atoms with E-state index in [0.29, 0.717) is 5.02 Å². The molecule has 0 amide bonds. The highest BCUT2D eigenvalue weighted by Crippen LogP contribution is 2.22. The fourth-order valence-electron chi connectivity index (χ4n) is 1.87. The molecule has 1 atom stereocenters. The Labute approximate surface area is 111 Å². The van der Waals surface area contributed by atoms with Crippen LogP contribution in [0.1, 0.15) is 17.2 Å². The van der Waals surface area contributed by atoms with Gasteiger partial charge in [-0.1, -0.05) is 23.7 Å². The van der Waals surface area contributed by atoms with Gasteiger partial charge in [0.25, 0.3) is 0 Å². The Hall–Kier alpha value is -1.45. The highest BCUT2D eigenvalue weighted by Gasteiger charge is 2.12. The van der Waals surface area contributed by atoms with Crippen LogP contribution >= 0.6 is 11.6 Å². The Morgan fingerprint density at radius 1 is 1.28 bits per heavy atom. The first kappa shape index (κ1) is 13.0. The van der Waals surface area contributed by atoms with E-state index < -0.39 is 0 Å². The molecule has 0 aliphatic carbocycles. The molecule has 0 saturated carbocycles. The van der Waals surface area contributed by atoms with Crippen molar-refractivity contribution in [3.8, 4) is 0 Å². The van der Waals surface area contributed by atoms with Crippen molar-refractivity contribution in [1.82, 2.24) is 10.3 Å². The topological polar surface area (TPSA) is 24.9 Å². The Bertz CT molecular complexity index is 513. The fraction of sp³-hybridized carbons (Fsp3) is 0.214. The second-order valence-corrected chi connectivity index (χ2v) is 4.47. The molecular formula is C14H14ClFN2. The molecule has 2 aromatic rings. The van der Waals surface area contributed by atoms with Crippen LogP contribution in [-0.2, 0) is 6.42 Å². The maximum absolute atomic E-state index is 12.9. The van der Waals surface area contributed by atoms with Gasteiger partial charge < -0.3 is 5.32 Å². The van der Waals surface area contributed by atoms with Gasteiger partial charge in [-0.15, -0.1) is 0 Å². The molecule has 2 nitrogen and oxygen atoms in total. The number of benzene rings is 1. The van der Waals surface area contributed by atoms with Gasteiger partial charge in [-0.3, -0.25) is 4.98 Å². The van der Waals surface area contributed by atoms with Crippen LogP contribution in [0, 0.1) is 5.82 Å². The standard InChI is InChI=1S/C14H14ClFN2/c1-17-14(10-2-4-12(16)5-3-10)8-11-6-7-18-9-13(11)15/h2-7,9,14,17H,8H2,1H3. The molecule has 1 N–H and O–H groups in total. The summed E-state index contributed by atoms with van der Waals surface area (Å²) in [6.45, 7) is 0. The first-order valence-electron chi connectivity index (χ1n) is 5.72. The van der Waals surface area contributed by atoms with Crippen LogP contribution in [0.25, 0.3) is 0 Å². The summed E-state index contributed by atoms with van der Waals surface area (Å²) in [5, 5.41) is 3.86. The molecule has 0 bridgehead atoms. The summed E-state index contributed by atoms with van der Waals surface area (Å²) in [6, 6.07) is 8.50. The van der Waals surface area contributed by atoms with Gasteiger partial charge in [0.15, 0.2) is 0 Å². The van der Waals surface area contributed by atoms with Crippen molar-refractivity contribution < 1.29 is 4.39 Å². The highest BCUT2D eigenvalue weighted by atomic mass is 35.5. The summed E-state index contributed by atoms with van der Waals surface area (Å²) in [7, 11) is 1.88. The molecule has 1 aromatic carbocycles. The van der Waals surface area contributed by atoms with E-state index in [0.717, 1.165) is 17.5 Å². The van der Waals surface area contributed by atoms with Crippen LogP contribution in [0.15, 0.2) is 42.7 Å². The van der Waals surface area contributed by atoms with Crippen LogP contribution in [0.3, 0.4) is 0 Å². The van der Waals surface area contributed by atoms with Crippen molar-refractivity contribution in [2.45, 2.75) is 12.5 Å². The molecule has 0 aliphatic heterocycles. The van der Waals surface area contributed by atoms with Gasteiger partial charge in [0, 0.05) is 18.4 Å². The van der Waals surface area contributed by atoms with Crippen molar-refractivity contribution in [3.63, 3.8) is 0 Å². The molecule has 0 aliphatic rings. The smallest absolute Gasteiger partial charge is 0.123 e. The van der Waals surface area contributed by atoms with E-state index in [4.69, 9.17) is 11.6 Å². The van der Waals surface area contributed by atoms with Gasteiger partial charge in [-0.25, -0.2) is 4.39 Å². The number of halogens is 2. The monoisotopic (exact) mass is 264 g/mol. The highest BCUT2D eigenvalue weighted by molar-refractivity contribution is 6.31. The van der Waals surface area contributed by atoms with E-state index in [-0.39, 0.29) is 11.9 Å². The van der Waals surface area contributed by atoms with Crippen molar-refractivity contribution in [2.75, 3.05) is 7.05 Å². The number of nitrogens with zero attached hydrogens (tertiary/aromatic N) is 1. The fourth-order valence-corrected chi connectivity index (χ4v) is 2.07. The van der Waals surface area contributed by atoms with Gasteiger partial charge in [-0.2, -0.15) is 0 Å². The number of rotatable bonds is 4. The van der Waals surface area contributed by atoms with E-state index in [2.05, 4.69) is 10.3 Å². The first-order valence-corrected chi connectivity index (χ1v) is 6.09. The second kappa shape index (κ2) is 5.94. The number of hydrogen-bond acceptors (Lipinski definition) is 2. The molecule has 0 spiro atoms. The van der Waals surface area contributed by atoms with Crippen molar-refractivity contribution >= 4 is 11.6 Å². The number of hydrogen-bond donors (Lipinski definition) is 1. The largest absolute Gasteiger partial charge is 0.313 e. The van der Waals surface area contributed by atoms with Gasteiger partial charge in [0.1, 0.15) is 5.82 Å². The minimum Gasteiger partial charge on any atom is -0.313 e. The third kappa shape index (κ3) is 3.06. The van der Waals surface area contributed by atoms with Crippen LogP contribution in [0.4, 0.5) is 4.39 Å². The minimum atomic E-state index is -0.226. The van der Waals surface area contributed by atoms with Crippen LogP contribution in [-0.4, -0.2) is 12.0 Å². The van der Waals surface area contributed by atoms with Crippen LogP contribution < -0.4 is 5.32 Å². The number of pyridine rings is 1. The van der Waals surface area contributed by atoms with Crippen molar-refractivity contribution in [2.24, 2.45) is 0 Å². The predicted molar refractivity (Wildman–Crippen MR) is 71.2 cm³/mol. The zero-order chi connectivity index (χ0) is 13.0. The van der Waals surface area contributed by atoms with Crippen LogP contribution in [0.2, 0.25) is 5.02 Å². The maximum atomic E-state index is 12.9. The third-order valence-electron chi connectivity index (χ3n) is 2.90. The van der Waals surface area contributed by atoms with Crippen molar-refractivity contribution in [1.29, 1.82) is 0 Å². The van der Waals surface area contributed by atoms with Crippen LogP contribution in [0.5, 0.6) is 0 Å². The van der Waals surface area contributed by atoms with Gasteiger partial charge in [-0.05, 0) is 42.8 Å². The Balaban J connectivity index is 2.20. The SMILES string of the molecule is CNC(Cc1ccncc1Cl)c1ccc(F)cc1. The molecule has 0 fully saturated rings. The molecule has 1 heterocycles. The molecule has 18 heavy (non-hydrogen) atoms.